The predicted octanol–water partition coefficient (Wildman–Crippen LogP) is 4.14. The minimum Gasteiger partial charge on any atom is -0.368 e. The van der Waals surface area contributed by atoms with Crippen molar-refractivity contribution in [1.29, 1.82) is 0 Å². The van der Waals surface area contributed by atoms with Crippen LogP contribution in [-0.4, -0.2) is 78.2 Å². The Morgan fingerprint density at radius 2 is 0.903 bits per heavy atom. The van der Waals surface area contributed by atoms with Crippen molar-refractivity contribution >= 4 is 57.0 Å². The second-order valence-electron chi connectivity index (χ2n) is 15.6. The van der Waals surface area contributed by atoms with Crippen LogP contribution in [0.3, 0.4) is 0 Å². The van der Waals surface area contributed by atoms with E-state index in [0.717, 1.165) is 38.2 Å². The minimum absolute atomic E-state index is 0.185. The van der Waals surface area contributed by atoms with Gasteiger partial charge in [0.15, 0.2) is 0 Å². The Morgan fingerprint density at radius 3 is 1.42 bits per heavy atom. The van der Waals surface area contributed by atoms with Crippen LogP contribution in [0.1, 0.15) is 63.6 Å². The summed E-state index contributed by atoms with van der Waals surface area (Å²) in [6.07, 6.45) is 1.74. The first kappa shape index (κ1) is 46.5. The summed E-state index contributed by atoms with van der Waals surface area (Å²) in [5.74, 6) is -2.91. The van der Waals surface area contributed by atoms with Crippen molar-refractivity contribution in [3.05, 3.63) is 132 Å². The first-order chi connectivity index (χ1) is 29.9. The van der Waals surface area contributed by atoms with Crippen molar-refractivity contribution < 1.29 is 28.8 Å². The molecule has 0 saturated heterocycles. The summed E-state index contributed by atoms with van der Waals surface area (Å²) in [5.41, 5.74) is 8.45. The molecule has 6 amide bonds. The van der Waals surface area contributed by atoms with Gasteiger partial charge in [-0.05, 0) is 63.9 Å². The van der Waals surface area contributed by atoms with Crippen LogP contribution < -0.4 is 37.6 Å². The highest BCUT2D eigenvalue weighted by atomic mass is 16.2. The lowest BCUT2D eigenvalue weighted by atomic mass is 9.98. The van der Waals surface area contributed by atoms with Gasteiger partial charge in [0.25, 0.3) is 0 Å². The van der Waals surface area contributed by atoms with E-state index in [-0.39, 0.29) is 38.1 Å². The molecule has 13 nitrogen and oxygen atoms in total. The van der Waals surface area contributed by atoms with Gasteiger partial charge in [-0.25, -0.2) is 0 Å². The predicted molar refractivity (Wildman–Crippen MR) is 243 cm³/mol. The molecule has 0 aromatic heterocycles. The number of primary amides is 1. The van der Waals surface area contributed by atoms with Crippen LogP contribution in [0.15, 0.2) is 115 Å². The number of carbonyl (C=O) groups excluding carboxylic acids is 6. The van der Waals surface area contributed by atoms with Gasteiger partial charge >= 0.3 is 0 Å². The van der Waals surface area contributed by atoms with Crippen LogP contribution in [0.5, 0.6) is 0 Å². The molecule has 6 atom stereocenters. The Hall–Kier alpha value is -6.60. The molecule has 0 aliphatic heterocycles. The molecule has 0 saturated carbocycles. The van der Waals surface area contributed by atoms with Gasteiger partial charge in [-0.1, -0.05) is 136 Å². The van der Waals surface area contributed by atoms with E-state index < -0.39 is 65.8 Å². The van der Waals surface area contributed by atoms with Gasteiger partial charge < -0.3 is 37.6 Å². The Kier molecular flexibility index (Phi) is 17.1. The van der Waals surface area contributed by atoms with Crippen LogP contribution in [0.25, 0.3) is 21.5 Å². The summed E-state index contributed by atoms with van der Waals surface area (Å²) in [5, 5.41) is 21.5. The van der Waals surface area contributed by atoms with Gasteiger partial charge in [-0.3, -0.25) is 28.8 Å². The molecule has 0 spiro atoms. The molecule has 0 aliphatic rings. The topological polar surface area (TPSA) is 201 Å². The maximum absolute atomic E-state index is 13.9. The Bertz CT molecular complexity index is 2330. The lowest BCUT2D eigenvalue weighted by molar-refractivity contribution is -0.132. The summed E-state index contributed by atoms with van der Waals surface area (Å²) >= 11 is 0. The number of rotatable bonds is 22. The molecule has 62 heavy (non-hydrogen) atoms. The average Bonchev–Trinajstić information content (AvgIpc) is 3.27. The maximum atomic E-state index is 13.9. The maximum Gasteiger partial charge on any atom is 0.243 e. The summed E-state index contributed by atoms with van der Waals surface area (Å²) in [6, 6.07) is 31.7. The fraction of sp³-hybridized carbons (Fsp3) is 0.347. The van der Waals surface area contributed by atoms with Gasteiger partial charge in [0.05, 0.1) is 6.04 Å². The van der Waals surface area contributed by atoms with Crippen LogP contribution in [-0.2, 0) is 48.0 Å². The molecule has 13 heteroatoms. The monoisotopic (exact) mass is 841 g/mol. The number of carbonyl (C=O) groups is 6. The second-order valence-corrected chi connectivity index (χ2v) is 15.6. The third-order valence-corrected chi connectivity index (χ3v) is 11.1. The normalized spacial score (nSPS) is 14.1. The number of amides is 6. The minimum atomic E-state index is -1.00. The zero-order valence-electron chi connectivity index (χ0n) is 35.9. The standard InChI is InChI=1S/C49H59N7O6/c1-5-40(46(59)54-42(7-3)48(61)56-43(45(50)58)28-35-23-15-21-33-19-11-13-25-38(33)35)51-30-37(27-32-17-9-8-10-18-32)53-47(60)41(6-2)55-49(62)44(52-31(4)57)29-36-24-16-22-34-20-12-14-26-39(34)36/h8-26,37,40-44,51H,5-7,27-30H2,1-4H3,(H2,50,58)(H,52,57)(H,53,60)(H,54,59)(H,55,62)(H,56,61)/t37?,40?,41?,42?,43-,44-/m0/s1. The summed E-state index contributed by atoms with van der Waals surface area (Å²) < 4.78 is 0. The molecule has 326 valence electrons. The molecule has 0 heterocycles. The third-order valence-electron chi connectivity index (χ3n) is 11.1. The van der Waals surface area contributed by atoms with E-state index in [2.05, 4.69) is 31.9 Å². The van der Waals surface area contributed by atoms with E-state index in [4.69, 9.17) is 5.73 Å². The Balaban J connectivity index is 1.23. The molecular formula is C49H59N7O6. The Morgan fingerprint density at radius 1 is 0.468 bits per heavy atom. The molecule has 5 aromatic rings. The molecule has 0 bridgehead atoms. The number of benzene rings is 5. The zero-order chi connectivity index (χ0) is 44.6. The molecule has 5 aromatic carbocycles. The molecule has 0 aliphatic carbocycles. The van der Waals surface area contributed by atoms with Gasteiger partial charge in [0.1, 0.15) is 24.2 Å². The summed E-state index contributed by atoms with van der Waals surface area (Å²) in [6.45, 7) is 6.93. The molecule has 0 fully saturated rings. The van der Waals surface area contributed by atoms with E-state index in [0.29, 0.717) is 12.8 Å². The molecule has 4 unspecified atom stereocenters. The van der Waals surface area contributed by atoms with Gasteiger partial charge in [-0.2, -0.15) is 0 Å². The summed E-state index contributed by atoms with van der Waals surface area (Å²) in [4.78, 5) is 79.7. The largest absolute Gasteiger partial charge is 0.368 e. The van der Waals surface area contributed by atoms with Crippen molar-refractivity contribution in [1.82, 2.24) is 31.9 Å². The molecule has 5 rings (SSSR count). The van der Waals surface area contributed by atoms with E-state index >= 15 is 0 Å². The molecule has 0 radical (unpaired) electrons. The number of nitrogens with one attached hydrogen (secondary N) is 6. The highest BCUT2D eigenvalue weighted by molar-refractivity contribution is 5.95. The number of fused-ring (bicyclic) bond motifs is 2. The average molecular weight is 842 g/mol. The fourth-order valence-corrected chi connectivity index (χ4v) is 7.66. The number of hydrogen-bond donors (Lipinski definition) is 7. The highest BCUT2D eigenvalue weighted by Crippen LogP contribution is 2.21. The van der Waals surface area contributed by atoms with Crippen molar-refractivity contribution in [3.8, 4) is 0 Å². The van der Waals surface area contributed by atoms with E-state index in [1.807, 2.05) is 122 Å². The summed E-state index contributed by atoms with van der Waals surface area (Å²) in [7, 11) is 0. The van der Waals surface area contributed by atoms with Crippen molar-refractivity contribution in [3.63, 3.8) is 0 Å². The SMILES string of the molecule is CCC(NCC(Cc1ccccc1)NC(=O)C(CC)NC(=O)[C@H](Cc1cccc2ccccc12)NC(C)=O)C(=O)NC(CC)C(=O)N[C@@H](Cc1cccc2ccccc12)C(N)=O. The van der Waals surface area contributed by atoms with Crippen LogP contribution in [0.4, 0.5) is 0 Å². The quantitative estimate of drug-likeness (QED) is 0.0543. The van der Waals surface area contributed by atoms with Crippen molar-refractivity contribution in [2.45, 2.75) is 102 Å². The van der Waals surface area contributed by atoms with E-state index in [1.165, 1.54) is 6.92 Å². The van der Waals surface area contributed by atoms with Crippen LogP contribution >= 0.6 is 0 Å². The molecule has 8 N–H and O–H groups in total. The highest BCUT2D eigenvalue weighted by Gasteiger charge is 2.30. The zero-order valence-corrected chi connectivity index (χ0v) is 35.9. The second kappa shape index (κ2) is 22.8. The number of hydrogen-bond acceptors (Lipinski definition) is 7. The van der Waals surface area contributed by atoms with Gasteiger partial charge in [-0.15, -0.1) is 0 Å². The van der Waals surface area contributed by atoms with Gasteiger partial charge in [0, 0.05) is 32.4 Å². The smallest absolute Gasteiger partial charge is 0.243 e. The van der Waals surface area contributed by atoms with Crippen LogP contribution in [0, 0.1) is 0 Å². The number of nitrogens with two attached hydrogens (primary N) is 1. The Labute approximate surface area is 363 Å². The molecular weight excluding hydrogens is 783 g/mol. The van der Waals surface area contributed by atoms with E-state index in [1.54, 1.807) is 13.8 Å². The van der Waals surface area contributed by atoms with Crippen LogP contribution in [0.2, 0.25) is 0 Å². The van der Waals surface area contributed by atoms with Gasteiger partial charge in [0.2, 0.25) is 35.4 Å². The third kappa shape index (κ3) is 13.0. The fourth-order valence-electron chi connectivity index (χ4n) is 7.66. The first-order valence-corrected chi connectivity index (χ1v) is 21.4. The van der Waals surface area contributed by atoms with Crippen molar-refractivity contribution in [2.24, 2.45) is 5.73 Å². The first-order valence-electron chi connectivity index (χ1n) is 21.4. The van der Waals surface area contributed by atoms with E-state index in [9.17, 15) is 28.8 Å². The van der Waals surface area contributed by atoms with Crippen molar-refractivity contribution in [2.75, 3.05) is 6.54 Å². The lowest BCUT2D eigenvalue weighted by Crippen LogP contribution is -2.58. The lowest BCUT2D eigenvalue weighted by Gasteiger charge is -2.27.